The van der Waals surface area contributed by atoms with Gasteiger partial charge in [-0.25, -0.2) is 0 Å². The van der Waals surface area contributed by atoms with E-state index < -0.39 is 0 Å². The molecule has 0 spiro atoms. The number of amides is 1. The van der Waals surface area contributed by atoms with Crippen molar-refractivity contribution in [1.29, 1.82) is 0 Å². The first-order valence-electron chi connectivity index (χ1n) is 8.19. The van der Waals surface area contributed by atoms with E-state index in [1.165, 1.54) is 17.3 Å². The van der Waals surface area contributed by atoms with Crippen LogP contribution in [0.25, 0.3) is 11.5 Å². The second-order valence-corrected chi connectivity index (χ2v) is 7.40. The summed E-state index contributed by atoms with van der Waals surface area (Å²) in [5.41, 5.74) is 1.94. The summed E-state index contributed by atoms with van der Waals surface area (Å²) in [7, 11) is 0. The summed E-state index contributed by atoms with van der Waals surface area (Å²) in [6.45, 7) is 2.40. The van der Waals surface area contributed by atoms with Crippen molar-refractivity contribution in [3.8, 4) is 11.5 Å². The summed E-state index contributed by atoms with van der Waals surface area (Å²) >= 11 is 7.20. The molecule has 0 saturated carbocycles. The first-order chi connectivity index (χ1) is 12.6. The molecule has 0 aliphatic rings. The Morgan fingerprint density at radius 2 is 2.00 bits per heavy atom. The van der Waals surface area contributed by atoms with Crippen LogP contribution >= 0.6 is 23.4 Å². The largest absolute Gasteiger partial charge is 0.411 e. The predicted octanol–water partition coefficient (Wildman–Crippen LogP) is 4.23. The average Bonchev–Trinajstić information content (AvgIpc) is 3.11. The predicted molar refractivity (Wildman–Crippen MR) is 103 cm³/mol. The molecule has 1 amide bonds. The Balaban J connectivity index is 1.51. The van der Waals surface area contributed by atoms with E-state index in [2.05, 4.69) is 15.5 Å². The molecule has 0 bridgehead atoms. The summed E-state index contributed by atoms with van der Waals surface area (Å²) in [4.78, 5) is 12.2. The van der Waals surface area contributed by atoms with Crippen LogP contribution in [0.4, 0.5) is 0 Å². The molecule has 0 fully saturated rings. The van der Waals surface area contributed by atoms with Crippen LogP contribution in [0.1, 0.15) is 12.5 Å². The van der Waals surface area contributed by atoms with Gasteiger partial charge in [-0.1, -0.05) is 59.8 Å². The van der Waals surface area contributed by atoms with Crippen molar-refractivity contribution in [2.24, 2.45) is 0 Å². The van der Waals surface area contributed by atoms with E-state index in [4.69, 9.17) is 16.0 Å². The zero-order valence-corrected chi connectivity index (χ0v) is 15.8. The summed E-state index contributed by atoms with van der Waals surface area (Å²) in [6.07, 6.45) is 0.795. The molecule has 0 aliphatic heterocycles. The lowest BCUT2D eigenvalue weighted by molar-refractivity contribution is -0.120. The molecule has 1 aromatic heterocycles. The third kappa shape index (κ3) is 5.09. The normalized spacial score (nSPS) is 11.9. The van der Waals surface area contributed by atoms with Gasteiger partial charge in [0.15, 0.2) is 0 Å². The van der Waals surface area contributed by atoms with Gasteiger partial charge in [0.25, 0.3) is 5.22 Å². The number of benzene rings is 2. The summed E-state index contributed by atoms with van der Waals surface area (Å²) in [5.74, 6) is 0.320. The highest BCUT2D eigenvalue weighted by molar-refractivity contribution is 8.00. The maximum atomic E-state index is 12.2. The minimum atomic E-state index is -0.335. The number of aromatic nitrogens is 2. The van der Waals surface area contributed by atoms with E-state index in [1.807, 2.05) is 49.4 Å². The number of nitrogens with one attached hydrogen (secondary N) is 1. The highest BCUT2D eigenvalue weighted by Gasteiger charge is 2.18. The summed E-state index contributed by atoms with van der Waals surface area (Å²) in [6, 6.07) is 17.2. The number of halogens is 1. The highest BCUT2D eigenvalue weighted by atomic mass is 35.5. The fraction of sp³-hybridized carbons (Fsp3) is 0.211. The average molecular weight is 388 g/mol. The maximum absolute atomic E-state index is 12.2. The van der Waals surface area contributed by atoms with Crippen molar-refractivity contribution >= 4 is 29.3 Å². The molecule has 1 atom stereocenters. The maximum Gasteiger partial charge on any atom is 0.277 e. The third-order valence-electron chi connectivity index (χ3n) is 3.68. The van der Waals surface area contributed by atoms with Gasteiger partial charge in [-0.15, -0.1) is 10.2 Å². The van der Waals surface area contributed by atoms with Gasteiger partial charge < -0.3 is 9.73 Å². The number of rotatable bonds is 7. The second kappa shape index (κ2) is 8.87. The van der Waals surface area contributed by atoms with E-state index in [0.29, 0.717) is 22.7 Å². The molecule has 0 radical (unpaired) electrons. The van der Waals surface area contributed by atoms with Crippen LogP contribution in [0, 0.1) is 0 Å². The Morgan fingerprint density at radius 3 is 2.77 bits per heavy atom. The summed E-state index contributed by atoms with van der Waals surface area (Å²) < 4.78 is 5.62. The molecule has 2 aromatic carbocycles. The number of carbonyl (C=O) groups excluding carboxylic acids is 1. The van der Waals surface area contributed by atoms with E-state index in [1.54, 1.807) is 12.1 Å². The fourth-order valence-electron chi connectivity index (χ4n) is 2.32. The van der Waals surface area contributed by atoms with Crippen LogP contribution in [0.3, 0.4) is 0 Å². The van der Waals surface area contributed by atoms with Crippen LogP contribution in [-0.2, 0) is 11.2 Å². The first kappa shape index (κ1) is 18.5. The Labute approximate surface area is 161 Å². The minimum Gasteiger partial charge on any atom is -0.411 e. The zero-order valence-electron chi connectivity index (χ0n) is 14.2. The minimum absolute atomic E-state index is 0.0616. The second-order valence-electron chi connectivity index (χ2n) is 5.67. The lowest BCUT2D eigenvalue weighted by atomic mass is 10.1. The molecular formula is C19H18ClN3O2S. The molecule has 0 saturated heterocycles. The zero-order chi connectivity index (χ0) is 18.4. The van der Waals surface area contributed by atoms with Gasteiger partial charge in [-0.3, -0.25) is 4.79 Å². The molecule has 3 rings (SSSR count). The first-order valence-corrected chi connectivity index (χ1v) is 9.45. The van der Waals surface area contributed by atoms with Crippen LogP contribution in [0.5, 0.6) is 0 Å². The van der Waals surface area contributed by atoms with Crippen molar-refractivity contribution in [1.82, 2.24) is 15.5 Å². The topological polar surface area (TPSA) is 68.0 Å². The molecule has 26 heavy (non-hydrogen) atoms. The van der Waals surface area contributed by atoms with E-state index >= 15 is 0 Å². The standard InChI is InChI=1S/C19H18ClN3O2S/c1-13(17(24)21-11-10-14-6-3-2-4-7-14)26-19-23-22-18(25-19)15-8-5-9-16(20)12-15/h2-9,12-13H,10-11H2,1H3,(H,21,24)/t13-/m0/s1. The van der Waals surface area contributed by atoms with Crippen molar-refractivity contribution < 1.29 is 9.21 Å². The number of carbonyl (C=O) groups is 1. The van der Waals surface area contributed by atoms with Crippen molar-refractivity contribution in [2.45, 2.75) is 23.8 Å². The number of thioether (sulfide) groups is 1. The molecule has 0 unspecified atom stereocenters. The van der Waals surface area contributed by atoms with Crippen LogP contribution in [0.15, 0.2) is 64.2 Å². The third-order valence-corrected chi connectivity index (χ3v) is 4.85. The van der Waals surface area contributed by atoms with Crippen LogP contribution in [-0.4, -0.2) is 27.9 Å². The quantitative estimate of drug-likeness (QED) is 0.614. The number of hydrogen-bond donors (Lipinski definition) is 1. The highest BCUT2D eigenvalue weighted by Crippen LogP contribution is 2.27. The monoisotopic (exact) mass is 387 g/mol. The van der Waals surface area contributed by atoms with Crippen molar-refractivity contribution in [2.75, 3.05) is 6.54 Å². The number of nitrogens with zero attached hydrogens (tertiary/aromatic N) is 2. The molecular weight excluding hydrogens is 370 g/mol. The van der Waals surface area contributed by atoms with Crippen molar-refractivity contribution in [3.05, 3.63) is 65.2 Å². The Morgan fingerprint density at radius 1 is 1.19 bits per heavy atom. The smallest absolute Gasteiger partial charge is 0.277 e. The van der Waals surface area contributed by atoms with Crippen LogP contribution in [0.2, 0.25) is 5.02 Å². The summed E-state index contributed by atoms with van der Waals surface area (Å²) in [5, 5.41) is 11.6. The molecule has 5 nitrogen and oxygen atoms in total. The van der Waals surface area contributed by atoms with E-state index in [-0.39, 0.29) is 11.2 Å². The lowest BCUT2D eigenvalue weighted by Crippen LogP contribution is -2.32. The lowest BCUT2D eigenvalue weighted by Gasteiger charge is -2.09. The molecule has 3 aromatic rings. The van der Waals surface area contributed by atoms with Gasteiger partial charge in [-0.05, 0) is 37.1 Å². The SMILES string of the molecule is C[C@H](Sc1nnc(-c2cccc(Cl)c2)o1)C(=O)NCCc1ccccc1. The fourth-order valence-corrected chi connectivity index (χ4v) is 3.22. The van der Waals surface area contributed by atoms with Crippen LogP contribution < -0.4 is 5.32 Å². The van der Waals surface area contributed by atoms with Gasteiger partial charge in [0.05, 0.1) is 5.25 Å². The van der Waals surface area contributed by atoms with Gasteiger partial charge in [0, 0.05) is 17.1 Å². The van der Waals surface area contributed by atoms with Gasteiger partial charge in [0.1, 0.15) is 0 Å². The van der Waals surface area contributed by atoms with Gasteiger partial charge >= 0.3 is 0 Å². The Bertz CT molecular complexity index is 870. The number of hydrogen-bond acceptors (Lipinski definition) is 5. The molecule has 7 heteroatoms. The van der Waals surface area contributed by atoms with Gasteiger partial charge in [0.2, 0.25) is 11.8 Å². The Hall–Kier alpha value is -2.31. The van der Waals surface area contributed by atoms with Crippen molar-refractivity contribution in [3.63, 3.8) is 0 Å². The molecule has 0 aliphatic carbocycles. The molecule has 1 N–H and O–H groups in total. The molecule has 134 valence electrons. The van der Waals surface area contributed by atoms with E-state index in [9.17, 15) is 4.79 Å². The van der Waals surface area contributed by atoms with E-state index in [0.717, 1.165) is 12.0 Å². The Kier molecular flexibility index (Phi) is 6.30. The van der Waals surface area contributed by atoms with Gasteiger partial charge in [-0.2, -0.15) is 0 Å². The molecule has 1 heterocycles.